The van der Waals surface area contributed by atoms with Crippen LogP contribution in [0, 0.1) is 5.82 Å². The third kappa shape index (κ3) is 3.54. The van der Waals surface area contributed by atoms with Gasteiger partial charge in [-0.15, -0.1) is 0 Å². The lowest BCUT2D eigenvalue weighted by Crippen LogP contribution is -2.30. The van der Waals surface area contributed by atoms with Gasteiger partial charge in [-0.3, -0.25) is 4.98 Å². The minimum Gasteiger partial charge on any atom is -0.392 e. The van der Waals surface area contributed by atoms with Crippen molar-refractivity contribution >= 4 is 0 Å². The lowest BCUT2D eigenvalue weighted by molar-refractivity contribution is 0.162. The third-order valence-electron chi connectivity index (χ3n) is 2.60. The van der Waals surface area contributed by atoms with Gasteiger partial charge < -0.3 is 10.4 Å². The summed E-state index contributed by atoms with van der Waals surface area (Å²) in [6.07, 6.45) is 2.62. The zero-order valence-electron chi connectivity index (χ0n) is 9.78. The topological polar surface area (TPSA) is 45.1 Å². The summed E-state index contributed by atoms with van der Waals surface area (Å²) in [5, 5.41) is 12.6. The van der Waals surface area contributed by atoms with Crippen molar-refractivity contribution < 1.29 is 9.50 Å². The van der Waals surface area contributed by atoms with Gasteiger partial charge in [-0.1, -0.05) is 13.8 Å². The van der Waals surface area contributed by atoms with Crippen molar-refractivity contribution in [3.05, 3.63) is 29.8 Å². The van der Waals surface area contributed by atoms with Crippen molar-refractivity contribution in [1.29, 1.82) is 0 Å². The molecule has 0 saturated carbocycles. The zero-order valence-corrected chi connectivity index (χ0v) is 9.78. The van der Waals surface area contributed by atoms with Crippen molar-refractivity contribution in [3.63, 3.8) is 0 Å². The summed E-state index contributed by atoms with van der Waals surface area (Å²) in [6, 6.07) is 2.84. The number of halogens is 1. The molecule has 0 aliphatic heterocycles. The van der Waals surface area contributed by atoms with E-state index in [1.165, 1.54) is 6.07 Å². The molecule has 0 aliphatic carbocycles. The molecular formula is C12H19FN2O. The summed E-state index contributed by atoms with van der Waals surface area (Å²) in [4.78, 5) is 4.03. The standard InChI is InChI=1S/C12H19FN2O/c1-3-9(16)8-15-11(4-2)12-10(13)6-5-7-14-12/h5-7,9,11,15-16H,3-4,8H2,1-2H3. The quantitative estimate of drug-likeness (QED) is 0.780. The molecule has 2 atom stereocenters. The molecule has 0 aromatic carbocycles. The molecule has 1 heterocycles. The molecule has 0 bridgehead atoms. The SMILES string of the molecule is CCC(O)CNC(CC)c1ncccc1F. The first kappa shape index (κ1) is 13.1. The zero-order chi connectivity index (χ0) is 12.0. The van der Waals surface area contributed by atoms with Crippen molar-refractivity contribution in [3.8, 4) is 0 Å². The fraction of sp³-hybridized carbons (Fsp3) is 0.583. The van der Waals surface area contributed by atoms with Crippen LogP contribution in [0.3, 0.4) is 0 Å². The van der Waals surface area contributed by atoms with Crippen molar-refractivity contribution in [2.45, 2.75) is 38.8 Å². The Morgan fingerprint density at radius 2 is 2.19 bits per heavy atom. The van der Waals surface area contributed by atoms with Gasteiger partial charge in [0.1, 0.15) is 5.82 Å². The summed E-state index contributed by atoms with van der Waals surface area (Å²) < 4.78 is 13.5. The number of aliphatic hydroxyl groups is 1. The predicted octanol–water partition coefficient (Wildman–Crippen LogP) is 2.03. The van der Waals surface area contributed by atoms with Crippen LogP contribution in [0.1, 0.15) is 38.4 Å². The molecule has 1 aromatic rings. The fourth-order valence-corrected chi connectivity index (χ4v) is 1.51. The first-order valence-electron chi connectivity index (χ1n) is 5.70. The number of nitrogens with one attached hydrogen (secondary N) is 1. The van der Waals surface area contributed by atoms with Gasteiger partial charge >= 0.3 is 0 Å². The molecule has 1 aromatic heterocycles. The highest BCUT2D eigenvalue weighted by atomic mass is 19.1. The Kier molecular flexibility index (Phi) is 5.35. The number of nitrogens with zero attached hydrogens (tertiary/aromatic N) is 1. The van der Waals surface area contributed by atoms with Crippen LogP contribution in [0.4, 0.5) is 4.39 Å². The molecule has 0 spiro atoms. The summed E-state index contributed by atoms with van der Waals surface area (Å²) in [5.74, 6) is -0.298. The largest absolute Gasteiger partial charge is 0.392 e. The van der Waals surface area contributed by atoms with Crippen LogP contribution in [0.5, 0.6) is 0 Å². The monoisotopic (exact) mass is 226 g/mol. The lowest BCUT2D eigenvalue weighted by atomic mass is 10.1. The second-order valence-corrected chi connectivity index (χ2v) is 3.80. The average Bonchev–Trinajstić information content (AvgIpc) is 2.31. The smallest absolute Gasteiger partial charge is 0.146 e. The Hall–Kier alpha value is -1.00. The van der Waals surface area contributed by atoms with E-state index in [1.54, 1.807) is 12.3 Å². The lowest BCUT2D eigenvalue weighted by Gasteiger charge is -2.18. The van der Waals surface area contributed by atoms with E-state index in [0.717, 1.165) is 6.42 Å². The molecule has 0 fully saturated rings. The van der Waals surface area contributed by atoms with Crippen molar-refractivity contribution in [2.24, 2.45) is 0 Å². The van der Waals surface area contributed by atoms with E-state index in [4.69, 9.17) is 0 Å². The number of aliphatic hydroxyl groups excluding tert-OH is 1. The third-order valence-corrected chi connectivity index (χ3v) is 2.60. The summed E-state index contributed by atoms with van der Waals surface area (Å²) >= 11 is 0. The Labute approximate surface area is 95.7 Å². The first-order valence-corrected chi connectivity index (χ1v) is 5.70. The van der Waals surface area contributed by atoms with E-state index in [9.17, 15) is 9.50 Å². The number of hydrogen-bond donors (Lipinski definition) is 2. The Balaban J connectivity index is 2.64. The van der Waals surface area contributed by atoms with Gasteiger partial charge in [0.05, 0.1) is 17.8 Å². The first-order chi connectivity index (χ1) is 7.69. The maximum Gasteiger partial charge on any atom is 0.146 e. The molecular weight excluding hydrogens is 207 g/mol. The molecule has 16 heavy (non-hydrogen) atoms. The Morgan fingerprint density at radius 3 is 2.75 bits per heavy atom. The van der Waals surface area contributed by atoms with Gasteiger partial charge in [0, 0.05) is 12.7 Å². The van der Waals surface area contributed by atoms with Crippen molar-refractivity contribution in [2.75, 3.05) is 6.54 Å². The van der Waals surface area contributed by atoms with E-state index >= 15 is 0 Å². The number of pyridine rings is 1. The van der Waals surface area contributed by atoms with Gasteiger partial charge in [0.25, 0.3) is 0 Å². The second kappa shape index (κ2) is 6.55. The summed E-state index contributed by atoms with van der Waals surface area (Å²) in [5.41, 5.74) is 0.424. The van der Waals surface area contributed by atoms with E-state index in [0.29, 0.717) is 18.7 Å². The van der Waals surface area contributed by atoms with Gasteiger partial charge in [0.2, 0.25) is 0 Å². The fourth-order valence-electron chi connectivity index (χ4n) is 1.51. The molecule has 3 nitrogen and oxygen atoms in total. The van der Waals surface area contributed by atoms with E-state index in [-0.39, 0.29) is 18.0 Å². The van der Waals surface area contributed by atoms with Crippen molar-refractivity contribution in [1.82, 2.24) is 10.3 Å². The molecule has 0 amide bonds. The van der Waals surface area contributed by atoms with Gasteiger partial charge in [-0.2, -0.15) is 0 Å². The Morgan fingerprint density at radius 1 is 1.44 bits per heavy atom. The highest BCUT2D eigenvalue weighted by Crippen LogP contribution is 2.16. The highest BCUT2D eigenvalue weighted by Gasteiger charge is 2.15. The predicted molar refractivity (Wildman–Crippen MR) is 61.5 cm³/mol. The minimum absolute atomic E-state index is 0.137. The van der Waals surface area contributed by atoms with Gasteiger partial charge in [-0.05, 0) is 25.0 Å². The normalized spacial score (nSPS) is 14.8. The summed E-state index contributed by atoms with van der Waals surface area (Å²) in [6.45, 7) is 4.34. The summed E-state index contributed by atoms with van der Waals surface area (Å²) in [7, 11) is 0. The number of rotatable bonds is 6. The molecule has 1 rings (SSSR count). The average molecular weight is 226 g/mol. The molecule has 0 aliphatic rings. The van der Waals surface area contributed by atoms with Crippen LogP contribution < -0.4 is 5.32 Å². The van der Waals surface area contributed by atoms with Crippen LogP contribution in [-0.2, 0) is 0 Å². The van der Waals surface area contributed by atoms with Gasteiger partial charge in [0.15, 0.2) is 0 Å². The molecule has 2 unspecified atom stereocenters. The molecule has 90 valence electrons. The molecule has 0 radical (unpaired) electrons. The second-order valence-electron chi connectivity index (χ2n) is 3.80. The van der Waals surface area contributed by atoms with Crippen LogP contribution in [0.15, 0.2) is 18.3 Å². The van der Waals surface area contributed by atoms with E-state index in [1.807, 2.05) is 13.8 Å². The number of hydrogen-bond acceptors (Lipinski definition) is 3. The Bertz CT molecular complexity index is 320. The van der Waals surface area contributed by atoms with Crippen LogP contribution in [0.25, 0.3) is 0 Å². The van der Waals surface area contributed by atoms with Crippen LogP contribution in [0.2, 0.25) is 0 Å². The van der Waals surface area contributed by atoms with Gasteiger partial charge in [-0.25, -0.2) is 4.39 Å². The van der Waals surface area contributed by atoms with Crippen LogP contribution in [-0.4, -0.2) is 22.7 Å². The maximum absolute atomic E-state index is 13.5. The van der Waals surface area contributed by atoms with E-state index < -0.39 is 0 Å². The van der Waals surface area contributed by atoms with E-state index in [2.05, 4.69) is 10.3 Å². The molecule has 4 heteroatoms. The minimum atomic E-state index is -0.388. The number of aromatic nitrogens is 1. The molecule has 2 N–H and O–H groups in total. The maximum atomic E-state index is 13.5. The molecule has 0 saturated heterocycles. The van der Waals surface area contributed by atoms with Crippen LogP contribution >= 0.6 is 0 Å². The highest BCUT2D eigenvalue weighted by molar-refractivity contribution is 5.11.